The Morgan fingerprint density at radius 2 is 2.12 bits per heavy atom. The molecule has 0 aliphatic carbocycles. The highest BCUT2D eigenvalue weighted by Crippen LogP contribution is 2.33. The Morgan fingerprint density at radius 3 is 2.85 bits per heavy atom. The molecule has 1 saturated heterocycles. The first-order chi connectivity index (χ1) is 12.5. The number of nitrogens with zero attached hydrogens (tertiary/aromatic N) is 6. The standard InChI is InChI=1S/C19H22N6O/c1-13-10-21-14(11-20-13)19(26)25-9-5-6-16(25)15-12-24-8-4-7-17(24)18(22-15)23(2)3/h4,7-8,10-12,16H,5-6,9H2,1-3H3/t16-/m0/s1. The van der Waals surface area contributed by atoms with Gasteiger partial charge in [0.2, 0.25) is 0 Å². The molecular weight excluding hydrogens is 328 g/mol. The van der Waals surface area contributed by atoms with Crippen molar-refractivity contribution < 1.29 is 4.79 Å². The number of hydrogen-bond acceptors (Lipinski definition) is 5. The van der Waals surface area contributed by atoms with Gasteiger partial charge >= 0.3 is 0 Å². The molecule has 26 heavy (non-hydrogen) atoms. The summed E-state index contributed by atoms with van der Waals surface area (Å²) >= 11 is 0. The summed E-state index contributed by atoms with van der Waals surface area (Å²) in [6, 6.07) is 4.01. The van der Waals surface area contributed by atoms with E-state index < -0.39 is 0 Å². The maximum Gasteiger partial charge on any atom is 0.274 e. The molecule has 0 N–H and O–H groups in total. The van der Waals surface area contributed by atoms with Crippen LogP contribution in [-0.4, -0.2) is 50.8 Å². The van der Waals surface area contributed by atoms with Gasteiger partial charge in [0.1, 0.15) is 5.69 Å². The third-order valence-electron chi connectivity index (χ3n) is 4.79. The van der Waals surface area contributed by atoms with Gasteiger partial charge in [0.25, 0.3) is 5.91 Å². The van der Waals surface area contributed by atoms with Gasteiger partial charge in [-0.15, -0.1) is 0 Å². The van der Waals surface area contributed by atoms with Crippen LogP contribution in [0.5, 0.6) is 0 Å². The normalized spacial score (nSPS) is 17.0. The van der Waals surface area contributed by atoms with E-state index in [0.717, 1.165) is 35.6 Å². The van der Waals surface area contributed by atoms with E-state index in [0.29, 0.717) is 12.2 Å². The summed E-state index contributed by atoms with van der Waals surface area (Å²) in [6.07, 6.45) is 9.09. The van der Waals surface area contributed by atoms with Gasteiger partial charge in [-0.3, -0.25) is 9.78 Å². The zero-order valence-electron chi connectivity index (χ0n) is 15.3. The Hall–Kier alpha value is -2.96. The Bertz CT molecular complexity index is 946. The van der Waals surface area contributed by atoms with Gasteiger partial charge in [-0.25, -0.2) is 9.97 Å². The fourth-order valence-corrected chi connectivity index (χ4v) is 3.50. The summed E-state index contributed by atoms with van der Waals surface area (Å²) in [4.78, 5) is 30.2. The predicted octanol–water partition coefficient (Wildman–Crippen LogP) is 2.48. The minimum Gasteiger partial charge on any atom is -0.361 e. The minimum atomic E-state index is -0.0826. The number of aromatic nitrogens is 4. The molecule has 0 unspecified atom stereocenters. The molecule has 1 aliphatic rings. The topological polar surface area (TPSA) is 66.6 Å². The van der Waals surface area contributed by atoms with Crippen LogP contribution >= 0.6 is 0 Å². The van der Waals surface area contributed by atoms with E-state index in [-0.39, 0.29) is 11.9 Å². The van der Waals surface area contributed by atoms with E-state index in [1.165, 1.54) is 0 Å². The van der Waals surface area contributed by atoms with Gasteiger partial charge < -0.3 is 14.2 Å². The summed E-state index contributed by atoms with van der Waals surface area (Å²) < 4.78 is 2.07. The number of fused-ring (bicyclic) bond motifs is 1. The van der Waals surface area contributed by atoms with Gasteiger partial charge in [0, 0.05) is 39.2 Å². The summed E-state index contributed by atoms with van der Waals surface area (Å²) in [6.45, 7) is 2.57. The number of anilines is 1. The molecule has 1 aliphatic heterocycles. The maximum atomic E-state index is 13.0. The molecule has 0 bridgehead atoms. The van der Waals surface area contributed by atoms with Crippen LogP contribution in [-0.2, 0) is 0 Å². The highest BCUT2D eigenvalue weighted by molar-refractivity contribution is 5.92. The number of rotatable bonds is 3. The van der Waals surface area contributed by atoms with E-state index >= 15 is 0 Å². The van der Waals surface area contributed by atoms with E-state index in [9.17, 15) is 4.79 Å². The fraction of sp³-hybridized carbons (Fsp3) is 0.368. The molecule has 1 atom stereocenters. The van der Waals surface area contributed by atoms with Gasteiger partial charge in [-0.05, 0) is 31.9 Å². The lowest BCUT2D eigenvalue weighted by Crippen LogP contribution is -2.32. The molecular formula is C19H22N6O. The summed E-state index contributed by atoms with van der Waals surface area (Å²) in [5.74, 6) is 0.822. The fourth-order valence-electron chi connectivity index (χ4n) is 3.50. The lowest BCUT2D eigenvalue weighted by Gasteiger charge is -2.25. The number of carbonyl (C=O) groups excluding carboxylic acids is 1. The van der Waals surface area contributed by atoms with Crippen molar-refractivity contribution in [1.29, 1.82) is 0 Å². The second kappa shape index (κ2) is 6.40. The molecule has 3 aromatic heterocycles. The van der Waals surface area contributed by atoms with Crippen LogP contribution in [0.25, 0.3) is 5.52 Å². The molecule has 0 saturated carbocycles. The number of hydrogen-bond donors (Lipinski definition) is 0. The third kappa shape index (κ3) is 2.79. The molecule has 4 rings (SSSR count). The summed E-state index contributed by atoms with van der Waals surface area (Å²) in [5, 5.41) is 0. The average molecular weight is 350 g/mol. The zero-order valence-corrected chi connectivity index (χ0v) is 15.3. The quantitative estimate of drug-likeness (QED) is 0.726. The Labute approximate surface area is 152 Å². The minimum absolute atomic E-state index is 0.0453. The lowest BCUT2D eigenvalue weighted by atomic mass is 10.1. The largest absolute Gasteiger partial charge is 0.361 e. The highest BCUT2D eigenvalue weighted by atomic mass is 16.2. The van der Waals surface area contributed by atoms with Crippen molar-refractivity contribution in [2.24, 2.45) is 0 Å². The molecule has 7 nitrogen and oxygen atoms in total. The van der Waals surface area contributed by atoms with Crippen LogP contribution in [0.2, 0.25) is 0 Å². The Morgan fingerprint density at radius 1 is 1.27 bits per heavy atom. The number of carbonyl (C=O) groups is 1. The SMILES string of the molecule is Cc1cnc(C(=O)N2CCC[C@H]2c2cn3cccc3c(N(C)C)n2)cn1. The Kier molecular flexibility index (Phi) is 4.06. The van der Waals surface area contributed by atoms with E-state index in [1.807, 2.05) is 55.3 Å². The monoisotopic (exact) mass is 350 g/mol. The van der Waals surface area contributed by atoms with Gasteiger partial charge in [-0.1, -0.05) is 0 Å². The molecule has 0 radical (unpaired) electrons. The van der Waals surface area contributed by atoms with Crippen molar-refractivity contribution in [2.75, 3.05) is 25.5 Å². The first-order valence-electron chi connectivity index (χ1n) is 8.79. The van der Waals surface area contributed by atoms with Crippen LogP contribution in [0.3, 0.4) is 0 Å². The molecule has 0 aromatic carbocycles. The number of aryl methyl sites for hydroxylation is 1. The summed E-state index contributed by atoms with van der Waals surface area (Å²) in [5.41, 5.74) is 3.15. The number of amides is 1. The van der Waals surface area contributed by atoms with Crippen LogP contribution < -0.4 is 4.90 Å². The lowest BCUT2D eigenvalue weighted by molar-refractivity contribution is 0.0726. The highest BCUT2D eigenvalue weighted by Gasteiger charge is 2.33. The first kappa shape index (κ1) is 16.5. The summed E-state index contributed by atoms with van der Waals surface area (Å²) in [7, 11) is 3.97. The molecule has 4 heterocycles. The van der Waals surface area contributed by atoms with Gasteiger partial charge in [0.15, 0.2) is 5.82 Å². The van der Waals surface area contributed by atoms with Gasteiger partial charge in [0.05, 0.1) is 29.1 Å². The van der Waals surface area contributed by atoms with Crippen molar-refractivity contribution in [3.8, 4) is 0 Å². The second-order valence-electron chi connectivity index (χ2n) is 6.88. The molecule has 7 heteroatoms. The van der Waals surface area contributed by atoms with E-state index in [4.69, 9.17) is 4.98 Å². The van der Waals surface area contributed by atoms with Crippen LogP contribution in [0.15, 0.2) is 36.9 Å². The third-order valence-corrected chi connectivity index (χ3v) is 4.79. The van der Waals surface area contributed by atoms with E-state index in [2.05, 4.69) is 14.4 Å². The Balaban J connectivity index is 1.71. The van der Waals surface area contributed by atoms with Crippen LogP contribution in [0.4, 0.5) is 5.82 Å². The zero-order chi connectivity index (χ0) is 18.3. The van der Waals surface area contributed by atoms with Crippen molar-refractivity contribution >= 4 is 17.2 Å². The van der Waals surface area contributed by atoms with Crippen molar-refractivity contribution in [3.63, 3.8) is 0 Å². The van der Waals surface area contributed by atoms with Crippen LogP contribution in [0.1, 0.15) is 40.8 Å². The van der Waals surface area contributed by atoms with Crippen molar-refractivity contribution in [1.82, 2.24) is 24.3 Å². The van der Waals surface area contributed by atoms with E-state index in [1.54, 1.807) is 12.4 Å². The molecule has 3 aromatic rings. The molecule has 1 fully saturated rings. The second-order valence-corrected chi connectivity index (χ2v) is 6.88. The molecule has 0 spiro atoms. The number of likely N-dealkylation sites (tertiary alicyclic amines) is 1. The average Bonchev–Trinajstić information content (AvgIpc) is 3.29. The van der Waals surface area contributed by atoms with Crippen molar-refractivity contribution in [3.05, 3.63) is 54.0 Å². The first-order valence-corrected chi connectivity index (χ1v) is 8.79. The maximum absolute atomic E-state index is 13.0. The molecule has 134 valence electrons. The van der Waals surface area contributed by atoms with Crippen molar-refractivity contribution in [2.45, 2.75) is 25.8 Å². The smallest absolute Gasteiger partial charge is 0.274 e. The van der Waals surface area contributed by atoms with Gasteiger partial charge in [-0.2, -0.15) is 0 Å². The molecule has 1 amide bonds. The van der Waals surface area contributed by atoms with Crippen LogP contribution in [0, 0.1) is 6.92 Å². The predicted molar refractivity (Wildman–Crippen MR) is 99.3 cm³/mol.